The van der Waals surface area contributed by atoms with Gasteiger partial charge in [0, 0.05) is 26.2 Å². The molecule has 0 radical (unpaired) electrons. The Hall–Kier alpha value is -2.45. The van der Waals surface area contributed by atoms with E-state index in [2.05, 4.69) is 15.2 Å². The first kappa shape index (κ1) is 16.4. The molecule has 1 saturated heterocycles. The molecule has 0 aliphatic carbocycles. The van der Waals surface area contributed by atoms with Gasteiger partial charge in [-0.15, -0.1) is 5.10 Å². The summed E-state index contributed by atoms with van der Waals surface area (Å²) >= 11 is 0. The van der Waals surface area contributed by atoms with E-state index in [0.29, 0.717) is 25.3 Å². The quantitative estimate of drug-likeness (QED) is 0.620. The second-order valence-electron chi connectivity index (χ2n) is 5.53. The second-order valence-corrected chi connectivity index (χ2v) is 5.53. The van der Waals surface area contributed by atoms with Crippen LogP contribution in [0, 0.1) is 30.5 Å². The SMILES string of the molecule is Cc1ccc(N2CCCN(c3c(F)c(F)nc(F)c3F)CC2)nn1. The number of anilines is 2. The van der Waals surface area contributed by atoms with Crippen LogP contribution in [-0.4, -0.2) is 41.4 Å². The molecule has 2 aromatic heterocycles. The molecule has 0 saturated carbocycles. The summed E-state index contributed by atoms with van der Waals surface area (Å²) in [6.07, 6.45) is 0.542. The summed E-state index contributed by atoms with van der Waals surface area (Å²) in [6, 6.07) is 3.63. The maximum Gasteiger partial charge on any atom is 0.253 e. The molecular weight excluding hydrogens is 326 g/mol. The van der Waals surface area contributed by atoms with Crippen molar-refractivity contribution in [3.8, 4) is 0 Å². The lowest BCUT2D eigenvalue weighted by atomic mass is 10.3. The Balaban J connectivity index is 1.83. The molecule has 9 heteroatoms. The van der Waals surface area contributed by atoms with Crippen molar-refractivity contribution in [3.63, 3.8) is 0 Å². The van der Waals surface area contributed by atoms with Gasteiger partial charge in [-0.05, 0) is 25.5 Å². The van der Waals surface area contributed by atoms with E-state index in [4.69, 9.17) is 0 Å². The first-order chi connectivity index (χ1) is 11.5. The normalized spacial score (nSPS) is 15.5. The van der Waals surface area contributed by atoms with Crippen LogP contribution in [0.1, 0.15) is 12.1 Å². The lowest BCUT2D eigenvalue weighted by Crippen LogP contribution is -2.32. The standard InChI is InChI=1S/C15H15F4N5/c1-9-3-4-10(22-21-9)23-5-2-6-24(8-7-23)13-11(16)14(18)20-15(19)12(13)17/h3-4H,2,5-8H2,1H3. The Morgan fingerprint density at radius 1 is 0.833 bits per heavy atom. The zero-order valence-corrected chi connectivity index (χ0v) is 12.9. The zero-order chi connectivity index (χ0) is 17.3. The summed E-state index contributed by atoms with van der Waals surface area (Å²) in [6.45, 7) is 3.24. The van der Waals surface area contributed by atoms with Gasteiger partial charge in [0.2, 0.25) is 11.6 Å². The zero-order valence-electron chi connectivity index (χ0n) is 12.9. The fourth-order valence-electron chi connectivity index (χ4n) is 2.68. The highest BCUT2D eigenvalue weighted by atomic mass is 19.2. The van der Waals surface area contributed by atoms with Crippen LogP contribution >= 0.6 is 0 Å². The number of aryl methyl sites for hydroxylation is 1. The van der Waals surface area contributed by atoms with Gasteiger partial charge in [-0.2, -0.15) is 27.6 Å². The summed E-state index contributed by atoms with van der Waals surface area (Å²) in [7, 11) is 0. The fraction of sp³-hybridized carbons (Fsp3) is 0.400. The highest BCUT2D eigenvalue weighted by Gasteiger charge is 2.27. The van der Waals surface area contributed by atoms with Gasteiger partial charge in [0.25, 0.3) is 11.9 Å². The Morgan fingerprint density at radius 3 is 2.08 bits per heavy atom. The first-order valence-electron chi connectivity index (χ1n) is 7.47. The van der Waals surface area contributed by atoms with Crippen LogP contribution in [0.3, 0.4) is 0 Å². The van der Waals surface area contributed by atoms with Crippen molar-refractivity contribution >= 4 is 11.5 Å². The van der Waals surface area contributed by atoms with E-state index in [1.807, 2.05) is 24.0 Å². The van der Waals surface area contributed by atoms with Crippen LogP contribution in [0.2, 0.25) is 0 Å². The van der Waals surface area contributed by atoms with Crippen molar-refractivity contribution in [1.29, 1.82) is 0 Å². The van der Waals surface area contributed by atoms with Gasteiger partial charge in [0.15, 0.2) is 5.82 Å². The van der Waals surface area contributed by atoms with E-state index in [1.54, 1.807) is 0 Å². The average molecular weight is 341 g/mol. The lowest BCUT2D eigenvalue weighted by Gasteiger charge is -2.24. The summed E-state index contributed by atoms with van der Waals surface area (Å²) in [5.41, 5.74) is 0.0684. The summed E-state index contributed by atoms with van der Waals surface area (Å²) < 4.78 is 54.4. The number of nitrogens with zero attached hydrogens (tertiary/aromatic N) is 5. The highest BCUT2D eigenvalue weighted by Crippen LogP contribution is 2.27. The number of hydrogen-bond donors (Lipinski definition) is 0. The van der Waals surface area contributed by atoms with Crippen LogP contribution < -0.4 is 9.80 Å². The van der Waals surface area contributed by atoms with Crippen LogP contribution in [-0.2, 0) is 0 Å². The van der Waals surface area contributed by atoms with Crippen LogP contribution in [0.15, 0.2) is 12.1 Å². The minimum Gasteiger partial charge on any atom is -0.365 e. The largest absolute Gasteiger partial charge is 0.365 e. The monoisotopic (exact) mass is 341 g/mol. The molecule has 1 fully saturated rings. The van der Waals surface area contributed by atoms with E-state index in [0.717, 1.165) is 5.69 Å². The molecule has 2 aromatic rings. The van der Waals surface area contributed by atoms with Crippen LogP contribution in [0.25, 0.3) is 0 Å². The van der Waals surface area contributed by atoms with E-state index >= 15 is 0 Å². The fourth-order valence-corrected chi connectivity index (χ4v) is 2.68. The first-order valence-corrected chi connectivity index (χ1v) is 7.47. The molecule has 0 bridgehead atoms. The topological polar surface area (TPSA) is 45.2 Å². The number of aromatic nitrogens is 3. The second kappa shape index (κ2) is 6.58. The Kier molecular flexibility index (Phi) is 4.50. The Bertz CT molecular complexity index is 711. The molecule has 0 amide bonds. The molecule has 3 heterocycles. The number of pyridine rings is 1. The minimum absolute atomic E-state index is 0.187. The molecule has 0 spiro atoms. The minimum atomic E-state index is -1.64. The molecule has 0 aromatic carbocycles. The maximum absolute atomic E-state index is 13.9. The van der Waals surface area contributed by atoms with Crippen molar-refractivity contribution in [2.45, 2.75) is 13.3 Å². The molecule has 3 rings (SSSR count). The third-order valence-corrected chi connectivity index (χ3v) is 3.89. The maximum atomic E-state index is 13.9. The van der Waals surface area contributed by atoms with E-state index in [-0.39, 0.29) is 13.1 Å². The molecule has 0 unspecified atom stereocenters. The molecule has 0 N–H and O–H groups in total. The van der Waals surface area contributed by atoms with E-state index in [1.165, 1.54) is 4.90 Å². The van der Waals surface area contributed by atoms with Gasteiger partial charge in [0.05, 0.1) is 5.69 Å². The summed E-state index contributed by atoms with van der Waals surface area (Å²) in [5, 5.41) is 8.06. The Labute approximate surface area is 135 Å². The third-order valence-electron chi connectivity index (χ3n) is 3.89. The van der Waals surface area contributed by atoms with Gasteiger partial charge < -0.3 is 9.80 Å². The smallest absolute Gasteiger partial charge is 0.253 e. The van der Waals surface area contributed by atoms with Crippen molar-refractivity contribution in [2.75, 3.05) is 36.0 Å². The average Bonchev–Trinajstić information content (AvgIpc) is 2.80. The van der Waals surface area contributed by atoms with Crippen molar-refractivity contribution in [2.24, 2.45) is 0 Å². The molecule has 24 heavy (non-hydrogen) atoms. The predicted molar refractivity (Wildman–Crippen MR) is 79.9 cm³/mol. The molecule has 5 nitrogen and oxygen atoms in total. The Morgan fingerprint density at radius 2 is 1.46 bits per heavy atom. The van der Waals surface area contributed by atoms with E-state index in [9.17, 15) is 17.6 Å². The van der Waals surface area contributed by atoms with E-state index < -0.39 is 29.2 Å². The molecule has 0 atom stereocenters. The van der Waals surface area contributed by atoms with Crippen molar-refractivity contribution in [3.05, 3.63) is 41.4 Å². The number of halogens is 4. The third kappa shape index (κ3) is 3.10. The lowest BCUT2D eigenvalue weighted by molar-refractivity contribution is 0.406. The summed E-state index contributed by atoms with van der Waals surface area (Å²) in [5.74, 6) is -5.59. The van der Waals surface area contributed by atoms with Gasteiger partial charge in [-0.25, -0.2) is 0 Å². The molecular formula is C15H15F4N5. The number of rotatable bonds is 2. The van der Waals surface area contributed by atoms with Crippen molar-refractivity contribution in [1.82, 2.24) is 15.2 Å². The van der Waals surface area contributed by atoms with Crippen LogP contribution in [0.5, 0.6) is 0 Å². The van der Waals surface area contributed by atoms with Gasteiger partial charge in [-0.1, -0.05) is 0 Å². The van der Waals surface area contributed by atoms with Crippen LogP contribution in [0.4, 0.5) is 29.1 Å². The highest BCUT2D eigenvalue weighted by molar-refractivity contribution is 5.49. The van der Waals surface area contributed by atoms with Crippen molar-refractivity contribution < 1.29 is 17.6 Å². The summed E-state index contributed by atoms with van der Waals surface area (Å²) in [4.78, 5) is 5.79. The molecule has 1 aliphatic heterocycles. The predicted octanol–water partition coefficient (Wildman–Crippen LogP) is 2.45. The molecule has 128 valence electrons. The number of hydrogen-bond acceptors (Lipinski definition) is 5. The van der Waals surface area contributed by atoms with Gasteiger partial charge in [-0.3, -0.25) is 0 Å². The molecule has 1 aliphatic rings. The van der Waals surface area contributed by atoms with Gasteiger partial charge >= 0.3 is 0 Å². The van der Waals surface area contributed by atoms with Gasteiger partial charge in [0.1, 0.15) is 5.69 Å².